The zero-order valence-corrected chi connectivity index (χ0v) is 9.38. The molecule has 1 heterocycles. The molecule has 0 aliphatic rings. The van der Waals surface area contributed by atoms with E-state index in [-0.39, 0.29) is 30.4 Å². The predicted molar refractivity (Wildman–Crippen MR) is 60.2 cm³/mol. The summed E-state index contributed by atoms with van der Waals surface area (Å²) in [5.41, 5.74) is 5.53. The molecule has 7 heteroatoms. The number of aromatic nitrogens is 2. The van der Waals surface area contributed by atoms with Crippen molar-refractivity contribution < 1.29 is 14.7 Å². The van der Waals surface area contributed by atoms with Crippen LogP contribution >= 0.6 is 0 Å². The SMILES string of the molecule is CC(CNC(=O)c1nccnc1N)CC(=O)O. The number of anilines is 1. The summed E-state index contributed by atoms with van der Waals surface area (Å²) in [6.45, 7) is 1.98. The van der Waals surface area contributed by atoms with Gasteiger partial charge in [0.25, 0.3) is 5.91 Å². The topological polar surface area (TPSA) is 118 Å². The van der Waals surface area contributed by atoms with Crippen molar-refractivity contribution >= 4 is 17.7 Å². The molecule has 0 aliphatic carbocycles. The molecular weight excluding hydrogens is 224 g/mol. The Hall–Kier alpha value is -2.18. The number of nitrogens with one attached hydrogen (secondary N) is 1. The van der Waals surface area contributed by atoms with Crippen LogP contribution in [0.1, 0.15) is 23.8 Å². The maximum atomic E-state index is 11.6. The molecule has 0 aromatic carbocycles. The molecule has 0 fully saturated rings. The highest BCUT2D eigenvalue weighted by atomic mass is 16.4. The van der Waals surface area contributed by atoms with Crippen molar-refractivity contribution in [1.82, 2.24) is 15.3 Å². The van der Waals surface area contributed by atoms with E-state index in [1.54, 1.807) is 6.92 Å². The van der Waals surface area contributed by atoms with Crippen LogP contribution in [0.5, 0.6) is 0 Å². The number of carbonyl (C=O) groups excluding carboxylic acids is 1. The van der Waals surface area contributed by atoms with E-state index >= 15 is 0 Å². The Labute approximate surface area is 98.1 Å². The number of hydrogen-bond acceptors (Lipinski definition) is 5. The molecule has 1 atom stereocenters. The molecule has 0 saturated heterocycles. The fraction of sp³-hybridized carbons (Fsp3) is 0.400. The molecule has 4 N–H and O–H groups in total. The highest BCUT2D eigenvalue weighted by Gasteiger charge is 2.14. The van der Waals surface area contributed by atoms with Gasteiger partial charge in [-0.05, 0) is 5.92 Å². The Morgan fingerprint density at radius 1 is 1.47 bits per heavy atom. The highest BCUT2D eigenvalue weighted by molar-refractivity contribution is 5.96. The number of amides is 1. The number of carboxylic acids is 1. The van der Waals surface area contributed by atoms with Crippen molar-refractivity contribution in [1.29, 1.82) is 0 Å². The smallest absolute Gasteiger partial charge is 0.303 e. The van der Waals surface area contributed by atoms with Gasteiger partial charge in [0.15, 0.2) is 11.5 Å². The van der Waals surface area contributed by atoms with E-state index in [1.165, 1.54) is 12.4 Å². The zero-order chi connectivity index (χ0) is 12.8. The average molecular weight is 238 g/mol. The summed E-state index contributed by atoms with van der Waals surface area (Å²) in [6, 6.07) is 0. The molecule has 1 amide bonds. The number of nitrogen functional groups attached to an aromatic ring is 1. The second kappa shape index (κ2) is 5.78. The molecule has 1 unspecified atom stereocenters. The van der Waals surface area contributed by atoms with Crippen molar-refractivity contribution in [2.24, 2.45) is 5.92 Å². The van der Waals surface area contributed by atoms with Crippen LogP contribution in [0.25, 0.3) is 0 Å². The summed E-state index contributed by atoms with van der Waals surface area (Å²) in [5, 5.41) is 11.1. The minimum Gasteiger partial charge on any atom is -0.481 e. The molecule has 0 spiro atoms. The molecule has 1 aromatic rings. The second-order valence-electron chi connectivity index (χ2n) is 3.70. The Kier molecular flexibility index (Phi) is 4.38. The van der Waals surface area contributed by atoms with Crippen molar-refractivity contribution in [3.63, 3.8) is 0 Å². The Bertz CT molecular complexity index is 422. The van der Waals surface area contributed by atoms with Gasteiger partial charge in [-0.25, -0.2) is 9.97 Å². The van der Waals surface area contributed by atoms with Gasteiger partial charge in [-0.2, -0.15) is 0 Å². The summed E-state index contributed by atoms with van der Waals surface area (Å²) in [7, 11) is 0. The van der Waals surface area contributed by atoms with E-state index in [4.69, 9.17) is 10.8 Å². The number of nitrogens with zero attached hydrogens (tertiary/aromatic N) is 2. The molecule has 0 bridgehead atoms. The molecular formula is C10H14N4O3. The molecule has 0 aliphatic heterocycles. The van der Waals surface area contributed by atoms with E-state index in [0.717, 1.165) is 0 Å². The van der Waals surface area contributed by atoms with Crippen LogP contribution in [0.2, 0.25) is 0 Å². The van der Waals surface area contributed by atoms with E-state index < -0.39 is 11.9 Å². The summed E-state index contributed by atoms with van der Waals surface area (Å²) >= 11 is 0. The van der Waals surface area contributed by atoms with Crippen molar-refractivity contribution in [2.45, 2.75) is 13.3 Å². The lowest BCUT2D eigenvalue weighted by atomic mass is 10.1. The first-order chi connectivity index (χ1) is 8.00. The average Bonchev–Trinajstić information content (AvgIpc) is 2.25. The Morgan fingerprint density at radius 2 is 2.12 bits per heavy atom. The number of carbonyl (C=O) groups is 2. The van der Waals surface area contributed by atoms with Crippen molar-refractivity contribution in [2.75, 3.05) is 12.3 Å². The standard InChI is InChI=1S/C10H14N4O3/c1-6(4-7(15)16)5-14-10(17)8-9(11)13-3-2-12-8/h2-3,6H,4-5H2,1H3,(H2,11,13)(H,14,17)(H,15,16). The van der Waals surface area contributed by atoms with Gasteiger partial charge in [0.2, 0.25) is 0 Å². The van der Waals surface area contributed by atoms with Crippen LogP contribution in [0, 0.1) is 5.92 Å². The molecule has 1 rings (SSSR count). The van der Waals surface area contributed by atoms with Crippen LogP contribution in [-0.4, -0.2) is 33.5 Å². The largest absolute Gasteiger partial charge is 0.481 e. The fourth-order valence-electron chi connectivity index (χ4n) is 1.24. The first kappa shape index (κ1) is 12.9. The molecule has 17 heavy (non-hydrogen) atoms. The molecule has 1 aromatic heterocycles. The highest BCUT2D eigenvalue weighted by Crippen LogP contribution is 2.04. The third kappa shape index (κ3) is 4.06. The third-order valence-electron chi connectivity index (χ3n) is 2.08. The van der Waals surface area contributed by atoms with E-state index in [9.17, 15) is 9.59 Å². The van der Waals surface area contributed by atoms with Crippen LogP contribution in [0.3, 0.4) is 0 Å². The maximum Gasteiger partial charge on any atom is 0.303 e. The molecule has 7 nitrogen and oxygen atoms in total. The van der Waals surface area contributed by atoms with Crippen LogP contribution < -0.4 is 11.1 Å². The normalized spacial score (nSPS) is 11.8. The van der Waals surface area contributed by atoms with Crippen molar-refractivity contribution in [3.05, 3.63) is 18.1 Å². The van der Waals surface area contributed by atoms with Crippen LogP contribution in [-0.2, 0) is 4.79 Å². The second-order valence-corrected chi connectivity index (χ2v) is 3.70. The first-order valence-corrected chi connectivity index (χ1v) is 5.07. The summed E-state index contributed by atoms with van der Waals surface area (Å²) in [5.74, 6) is -1.45. The van der Waals surface area contributed by atoms with Gasteiger partial charge in [0.05, 0.1) is 0 Å². The lowest BCUT2D eigenvalue weighted by molar-refractivity contribution is -0.137. The van der Waals surface area contributed by atoms with Gasteiger partial charge >= 0.3 is 5.97 Å². The monoisotopic (exact) mass is 238 g/mol. The van der Waals surface area contributed by atoms with Gasteiger partial charge < -0.3 is 16.2 Å². The van der Waals surface area contributed by atoms with Gasteiger partial charge in [-0.1, -0.05) is 6.92 Å². The number of carboxylic acid groups (broad SMARTS) is 1. The summed E-state index contributed by atoms with van der Waals surface area (Å²) < 4.78 is 0. The maximum absolute atomic E-state index is 11.6. The zero-order valence-electron chi connectivity index (χ0n) is 9.38. The minimum absolute atomic E-state index is 0.00374. The van der Waals surface area contributed by atoms with Gasteiger partial charge in [-0.15, -0.1) is 0 Å². The van der Waals surface area contributed by atoms with Gasteiger partial charge in [0, 0.05) is 25.4 Å². The van der Waals surface area contributed by atoms with E-state index in [2.05, 4.69) is 15.3 Å². The number of rotatable bonds is 5. The lowest BCUT2D eigenvalue weighted by Crippen LogP contribution is -2.30. The first-order valence-electron chi connectivity index (χ1n) is 5.07. The molecule has 0 saturated carbocycles. The van der Waals surface area contributed by atoms with Crippen LogP contribution in [0.4, 0.5) is 5.82 Å². The van der Waals surface area contributed by atoms with Gasteiger partial charge in [-0.3, -0.25) is 9.59 Å². The van der Waals surface area contributed by atoms with Crippen LogP contribution in [0.15, 0.2) is 12.4 Å². The Morgan fingerprint density at radius 3 is 2.71 bits per heavy atom. The lowest BCUT2D eigenvalue weighted by Gasteiger charge is -2.10. The number of hydrogen-bond donors (Lipinski definition) is 3. The Balaban J connectivity index is 2.51. The quantitative estimate of drug-likeness (QED) is 0.659. The predicted octanol–water partition coefficient (Wildman–Crippen LogP) is -0.101. The van der Waals surface area contributed by atoms with E-state index in [1.807, 2.05) is 0 Å². The third-order valence-corrected chi connectivity index (χ3v) is 2.08. The van der Waals surface area contributed by atoms with Crippen molar-refractivity contribution in [3.8, 4) is 0 Å². The summed E-state index contributed by atoms with van der Waals surface area (Å²) in [4.78, 5) is 29.6. The molecule has 92 valence electrons. The summed E-state index contributed by atoms with van der Waals surface area (Å²) in [6.07, 6.45) is 2.75. The number of nitrogens with two attached hydrogens (primary N) is 1. The van der Waals surface area contributed by atoms with E-state index in [0.29, 0.717) is 0 Å². The fourth-order valence-corrected chi connectivity index (χ4v) is 1.24. The number of aliphatic carboxylic acids is 1. The minimum atomic E-state index is -0.897. The molecule has 0 radical (unpaired) electrons. The van der Waals surface area contributed by atoms with Gasteiger partial charge in [0.1, 0.15) is 0 Å².